The number of hydrogen-bond donors (Lipinski definition) is 1. The van der Waals surface area contributed by atoms with Gasteiger partial charge in [0.2, 0.25) is 5.88 Å². The van der Waals surface area contributed by atoms with Crippen molar-refractivity contribution in [1.82, 2.24) is 15.1 Å². The third-order valence-corrected chi connectivity index (χ3v) is 3.68. The Balaban J connectivity index is 2.08. The fourth-order valence-corrected chi connectivity index (χ4v) is 2.52. The molecule has 158 valence electrons. The van der Waals surface area contributed by atoms with Crippen molar-refractivity contribution in [2.75, 3.05) is 6.61 Å². The van der Waals surface area contributed by atoms with Crippen LogP contribution in [0.5, 0.6) is 5.88 Å². The SMILES string of the molecule is CCOC(=O)c1cc(OCc2ccccc2)nn1C[C@@H](C)NC(=O)OC(C)(C)C. The van der Waals surface area contributed by atoms with Crippen LogP contribution in [0.15, 0.2) is 36.4 Å². The molecule has 8 nitrogen and oxygen atoms in total. The number of alkyl carbamates (subject to hydrolysis) is 1. The molecule has 1 N–H and O–H groups in total. The van der Waals surface area contributed by atoms with Crippen LogP contribution in [0.2, 0.25) is 0 Å². The maximum absolute atomic E-state index is 12.3. The van der Waals surface area contributed by atoms with Gasteiger partial charge in [-0.3, -0.25) is 4.68 Å². The smallest absolute Gasteiger partial charge is 0.407 e. The number of benzene rings is 1. The first-order chi connectivity index (χ1) is 13.7. The van der Waals surface area contributed by atoms with Gasteiger partial charge in [-0.25, -0.2) is 9.59 Å². The summed E-state index contributed by atoms with van der Waals surface area (Å²) in [6, 6.07) is 10.9. The number of nitrogens with one attached hydrogen (secondary N) is 1. The Labute approximate surface area is 171 Å². The van der Waals surface area contributed by atoms with Crippen LogP contribution in [0.4, 0.5) is 4.79 Å². The zero-order chi connectivity index (χ0) is 21.4. The molecule has 0 saturated heterocycles. The molecular formula is C21H29N3O5. The maximum Gasteiger partial charge on any atom is 0.407 e. The lowest BCUT2D eigenvalue weighted by Gasteiger charge is -2.22. The normalized spacial score (nSPS) is 12.2. The summed E-state index contributed by atoms with van der Waals surface area (Å²) < 4.78 is 17.6. The topological polar surface area (TPSA) is 91.7 Å². The van der Waals surface area contributed by atoms with Crippen LogP contribution in [0, 0.1) is 0 Å². The van der Waals surface area contributed by atoms with Crippen molar-refractivity contribution in [2.24, 2.45) is 0 Å². The van der Waals surface area contributed by atoms with E-state index in [1.54, 1.807) is 40.7 Å². The highest BCUT2D eigenvalue weighted by molar-refractivity contribution is 5.87. The number of rotatable bonds is 8. The van der Waals surface area contributed by atoms with Crippen LogP contribution < -0.4 is 10.1 Å². The molecule has 29 heavy (non-hydrogen) atoms. The van der Waals surface area contributed by atoms with E-state index in [2.05, 4.69) is 10.4 Å². The highest BCUT2D eigenvalue weighted by atomic mass is 16.6. The summed E-state index contributed by atoms with van der Waals surface area (Å²) >= 11 is 0. The number of nitrogens with zero attached hydrogens (tertiary/aromatic N) is 2. The maximum atomic E-state index is 12.3. The number of carbonyl (C=O) groups excluding carboxylic acids is 2. The number of hydrogen-bond acceptors (Lipinski definition) is 6. The number of aromatic nitrogens is 2. The van der Waals surface area contributed by atoms with Gasteiger partial charge in [-0.05, 0) is 40.2 Å². The number of amides is 1. The zero-order valence-electron chi connectivity index (χ0n) is 17.6. The third kappa shape index (κ3) is 7.48. The highest BCUT2D eigenvalue weighted by Crippen LogP contribution is 2.16. The van der Waals surface area contributed by atoms with Crippen LogP contribution in [0.1, 0.15) is 50.7 Å². The average molecular weight is 403 g/mol. The van der Waals surface area contributed by atoms with Crippen LogP contribution in [-0.2, 0) is 22.6 Å². The first kappa shape index (κ1) is 22.3. The molecule has 1 aromatic heterocycles. The van der Waals surface area contributed by atoms with Crippen molar-refractivity contribution >= 4 is 12.1 Å². The first-order valence-corrected chi connectivity index (χ1v) is 9.59. The van der Waals surface area contributed by atoms with Gasteiger partial charge in [-0.1, -0.05) is 30.3 Å². The van der Waals surface area contributed by atoms with Gasteiger partial charge in [0.05, 0.1) is 13.2 Å². The predicted octanol–water partition coefficient (Wildman–Crippen LogP) is 3.55. The van der Waals surface area contributed by atoms with E-state index in [1.807, 2.05) is 30.3 Å². The van der Waals surface area contributed by atoms with Gasteiger partial charge >= 0.3 is 12.1 Å². The van der Waals surface area contributed by atoms with Crippen molar-refractivity contribution < 1.29 is 23.8 Å². The van der Waals surface area contributed by atoms with Crippen LogP contribution >= 0.6 is 0 Å². The molecule has 1 heterocycles. The first-order valence-electron chi connectivity index (χ1n) is 9.59. The molecule has 0 radical (unpaired) electrons. The standard InChI is InChI=1S/C21H29N3O5/c1-6-27-19(25)17-12-18(28-14-16-10-8-7-9-11-16)23-24(17)13-15(2)22-20(26)29-21(3,4)5/h7-12,15H,6,13-14H2,1-5H3,(H,22,26)/t15-/m1/s1. The van der Waals surface area contributed by atoms with E-state index >= 15 is 0 Å². The molecule has 0 bridgehead atoms. The molecule has 0 aliphatic carbocycles. The summed E-state index contributed by atoms with van der Waals surface area (Å²) in [6.45, 7) is 9.73. The minimum absolute atomic E-state index is 0.246. The van der Waals surface area contributed by atoms with E-state index in [9.17, 15) is 9.59 Å². The second-order valence-corrected chi connectivity index (χ2v) is 7.59. The molecule has 1 amide bonds. The number of carbonyl (C=O) groups is 2. The Morgan fingerprint density at radius 3 is 2.52 bits per heavy atom. The number of ether oxygens (including phenoxy) is 3. The second-order valence-electron chi connectivity index (χ2n) is 7.59. The van der Waals surface area contributed by atoms with Gasteiger partial charge in [-0.2, -0.15) is 0 Å². The van der Waals surface area contributed by atoms with Gasteiger partial charge in [0.1, 0.15) is 17.9 Å². The Morgan fingerprint density at radius 1 is 1.21 bits per heavy atom. The van der Waals surface area contributed by atoms with Crippen molar-refractivity contribution in [1.29, 1.82) is 0 Å². The summed E-state index contributed by atoms with van der Waals surface area (Å²) in [7, 11) is 0. The highest BCUT2D eigenvalue weighted by Gasteiger charge is 2.21. The van der Waals surface area contributed by atoms with E-state index in [1.165, 1.54) is 4.68 Å². The predicted molar refractivity (Wildman–Crippen MR) is 108 cm³/mol. The van der Waals surface area contributed by atoms with E-state index < -0.39 is 17.7 Å². The Kier molecular flexibility index (Phi) is 7.64. The summed E-state index contributed by atoms with van der Waals surface area (Å²) in [6.07, 6.45) is -0.532. The molecule has 2 aromatic rings. The van der Waals surface area contributed by atoms with Crippen LogP contribution in [0.3, 0.4) is 0 Å². The Hall–Kier alpha value is -3.03. The van der Waals surface area contributed by atoms with Crippen LogP contribution in [0.25, 0.3) is 0 Å². The van der Waals surface area contributed by atoms with E-state index in [0.717, 1.165) is 5.56 Å². The minimum Gasteiger partial charge on any atom is -0.472 e. The Bertz CT molecular complexity index is 811. The van der Waals surface area contributed by atoms with E-state index in [4.69, 9.17) is 14.2 Å². The monoisotopic (exact) mass is 403 g/mol. The molecular weight excluding hydrogens is 374 g/mol. The molecule has 0 fully saturated rings. The van der Waals surface area contributed by atoms with Crippen LogP contribution in [-0.4, -0.2) is 40.1 Å². The zero-order valence-corrected chi connectivity index (χ0v) is 17.6. The largest absolute Gasteiger partial charge is 0.472 e. The molecule has 1 atom stereocenters. The van der Waals surface area contributed by atoms with Gasteiger partial charge in [-0.15, -0.1) is 5.10 Å². The van der Waals surface area contributed by atoms with Gasteiger partial charge in [0, 0.05) is 12.1 Å². The molecule has 8 heteroatoms. The van der Waals surface area contributed by atoms with Crippen molar-refractivity contribution in [3.63, 3.8) is 0 Å². The fourth-order valence-electron chi connectivity index (χ4n) is 2.52. The van der Waals surface area contributed by atoms with Gasteiger partial charge in [0.15, 0.2) is 0 Å². The quantitative estimate of drug-likeness (QED) is 0.678. The minimum atomic E-state index is -0.593. The van der Waals surface area contributed by atoms with Gasteiger partial charge < -0.3 is 19.5 Å². The van der Waals surface area contributed by atoms with Gasteiger partial charge in [0.25, 0.3) is 0 Å². The fraction of sp³-hybridized carbons (Fsp3) is 0.476. The average Bonchev–Trinajstić information content (AvgIpc) is 3.02. The molecule has 0 saturated carbocycles. The summed E-state index contributed by atoms with van der Waals surface area (Å²) in [5, 5.41) is 7.09. The number of esters is 1. The lowest BCUT2D eigenvalue weighted by molar-refractivity contribution is 0.0501. The third-order valence-electron chi connectivity index (χ3n) is 3.68. The summed E-state index contributed by atoms with van der Waals surface area (Å²) in [5.74, 6) is -0.194. The molecule has 0 spiro atoms. The van der Waals surface area contributed by atoms with E-state index in [0.29, 0.717) is 12.5 Å². The molecule has 2 rings (SSSR count). The lowest BCUT2D eigenvalue weighted by atomic mass is 10.2. The van der Waals surface area contributed by atoms with E-state index in [-0.39, 0.29) is 24.9 Å². The van der Waals surface area contributed by atoms with Crippen molar-refractivity contribution in [2.45, 2.75) is 59.4 Å². The van der Waals surface area contributed by atoms with Crippen molar-refractivity contribution in [3.05, 3.63) is 47.7 Å². The van der Waals surface area contributed by atoms with Crippen molar-refractivity contribution in [3.8, 4) is 5.88 Å². The Morgan fingerprint density at radius 2 is 1.90 bits per heavy atom. The summed E-state index contributed by atoms with van der Waals surface area (Å²) in [4.78, 5) is 24.3. The summed E-state index contributed by atoms with van der Waals surface area (Å²) in [5.41, 5.74) is 0.650. The molecule has 1 aromatic carbocycles. The molecule has 0 unspecified atom stereocenters. The lowest BCUT2D eigenvalue weighted by Crippen LogP contribution is -2.40. The molecule has 0 aliphatic rings. The molecule has 0 aliphatic heterocycles. The second kappa shape index (κ2) is 9.95.